The van der Waals surface area contributed by atoms with Crippen LogP contribution in [0.5, 0.6) is 5.75 Å². The zero-order chi connectivity index (χ0) is 21.5. The standard InChI is InChI=1S/C22H24O7/c1-10-6-15(24)7-19(27-10)17-8-16-20(29-22(17)26)9-18(25)12(3)21(16)11(2)13(4)28-14(5)23/h7-11,13,25H,6H2,1-5H3. The van der Waals surface area contributed by atoms with Gasteiger partial charge in [-0.2, -0.15) is 0 Å². The molecule has 0 fully saturated rings. The highest BCUT2D eigenvalue weighted by atomic mass is 16.5. The lowest BCUT2D eigenvalue weighted by molar-refractivity contribution is -0.146. The van der Waals surface area contributed by atoms with Gasteiger partial charge in [-0.05, 0) is 38.0 Å². The van der Waals surface area contributed by atoms with Gasteiger partial charge in [-0.3, -0.25) is 9.59 Å². The molecule has 2 aromatic rings. The summed E-state index contributed by atoms with van der Waals surface area (Å²) in [5.41, 5.74) is 0.951. The van der Waals surface area contributed by atoms with Crippen LogP contribution < -0.4 is 5.63 Å². The number of carbonyl (C=O) groups is 2. The average Bonchev–Trinajstić information content (AvgIpc) is 2.60. The van der Waals surface area contributed by atoms with E-state index in [0.29, 0.717) is 16.5 Å². The quantitative estimate of drug-likeness (QED) is 0.618. The van der Waals surface area contributed by atoms with Crippen molar-refractivity contribution in [3.63, 3.8) is 0 Å². The monoisotopic (exact) mass is 400 g/mol. The molecule has 154 valence electrons. The molecule has 1 aliphatic rings. The maximum Gasteiger partial charge on any atom is 0.347 e. The van der Waals surface area contributed by atoms with Crippen LogP contribution in [-0.2, 0) is 19.1 Å². The number of carbonyl (C=O) groups excluding carboxylic acids is 2. The minimum Gasteiger partial charge on any atom is -0.508 e. The first-order valence-electron chi connectivity index (χ1n) is 9.47. The fourth-order valence-corrected chi connectivity index (χ4v) is 3.65. The van der Waals surface area contributed by atoms with Crippen molar-refractivity contribution in [2.45, 2.75) is 59.2 Å². The van der Waals surface area contributed by atoms with Crippen LogP contribution in [0.4, 0.5) is 0 Å². The number of phenols is 1. The fraction of sp³-hybridized carbons (Fsp3) is 0.409. The van der Waals surface area contributed by atoms with Crippen molar-refractivity contribution in [1.82, 2.24) is 0 Å². The molecule has 1 aliphatic heterocycles. The molecule has 0 saturated carbocycles. The first-order valence-corrected chi connectivity index (χ1v) is 9.47. The van der Waals surface area contributed by atoms with Crippen LogP contribution >= 0.6 is 0 Å². The summed E-state index contributed by atoms with van der Waals surface area (Å²) in [5, 5.41) is 10.9. The number of hydrogen-bond acceptors (Lipinski definition) is 7. The highest BCUT2D eigenvalue weighted by molar-refractivity contribution is 5.98. The van der Waals surface area contributed by atoms with Crippen molar-refractivity contribution in [2.75, 3.05) is 0 Å². The zero-order valence-corrected chi connectivity index (χ0v) is 17.1. The summed E-state index contributed by atoms with van der Waals surface area (Å²) in [4.78, 5) is 35.9. The molecule has 1 aromatic heterocycles. The van der Waals surface area contributed by atoms with Crippen LogP contribution in [-0.4, -0.2) is 29.1 Å². The summed E-state index contributed by atoms with van der Waals surface area (Å²) in [6.07, 6.45) is 0.730. The Bertz CT molecular complexity index is 1080. The first kappa shape index (κ1) is 20.6. The molecule has 1 N–H and O–H groups in total. The molecule has 7 nitrogen and oxygen atoms in total. The summed E-state index contributed by atoms with van der Waals surface area (Å²) >= 11 is 0. The van der Waals surface area contributed by atoms with Crippen LogP contribution in [0, 0.1) is 6.92 Å². The first-order chi connectivity index (χ1) is 13.6. The van der Waals surface area contributed by atoms with Crippen LogP contribution in [0.15, 0.2) is 27.4 Å². The number of benzene rings is 1. The summed E-state index contributed by atoms with van der Waals surface area (Å²) < 4.78 is 16.5. The number of aromatic hydroxyl groups is 1. The Morgan fingerprint density at radius 3 is 2.59 bits per heavy atom. The normalized spacial score (nSPS) is 18.7. The number of fused-ring (bicyclic) bond motifs is 1. The van der Waals surface area contributed by atoms with E-state index in [2.05, 4.69) is 0 Å². The van der Waals surface area contributed by atoms with E-state index in [-0.39, 0.29) is 46.9 Å². The van der Waals surface area contributed by atoms with Gasteiger partial charge in [0, 0.05) is 36.8 Å². The molecule has 29 heavy (non-hydrogen) atoms. The maximum absolute atomic E-state index is 12.6. The summed E-state index contributed by atoms with van der Waals surface area (Å²) in [6, 6.07) is 2.99. The van der Waals surface area contributed by atoms with Crippen LogP contribution in [0.25, 0.3) is 16.7 Å². The molecule has 3 rings (SSSR count). The Morgan fingerprint density at radius 2 is 1.97 bits per heavy atom. The van der Waals surface area contributed by atoms with Gasteiger partial charge in [0.1, 0.15) is 34.9 Å². The smallest absolute Gasteiger partial charge is 0.347 e. The molecule has 3 atom stereocenters. The maximum atomic E-state index is 12.6. The van der Waals surface area contributed by atoms with Crippen molar-refractivity contribution < 1.29 is 28.6 Å². The second kappa shape index (κ2) is 7.73. The van der Waals surface area contributed by atoms with Crippen molar-refractivity contribution in [2.24, 2.45) is 0 Å². The SMILES string of the molecule is CC(=O)OC(C)C(C)c1c(C)c(O)cc2oc(=O)c(C3=CC(=O)CC(C)O3)cc12. The number of allylic oxidation sites excluding steroid dienone is 1. The van der Waals surface area contributed by atoms with E-state index >= 15 is 0 Å². The highest BCUT2D eigenvalue weighted by Gasteiger charge is 2.26. The lowest BCUT2D eigenvalue weighted by Gasteiger charge is -2.24. The van der Waals surface area contributed by atoms with E-state index in [1.807, 2.05) is 6.92 Å². The third-order valence-electron chi connectivity index (χ3n) is 5.21. The average molecular weight is 400 g/mol. The number of hydrogen-bond donors (Lipinski definition) is 1. The molecule has 0 bridgehead atoms. The second-order valence-electron chi connectivity index (χ2n) is 7.50. The third kappa shape index (κ3) is 4.04. The summed E-state index contributed by atoms with van der Waals surface area (Å²) in [7, 11) is 0. The number of esters is 1. The van der Waals surface area contributed by atoms with Gasteiger partial charge < -0.3 is 19.0 Å². The Hall–Kier alpha value is -3.09. The molecule has 0 aliphatic carbocycles. The van der Waals surface area contributed by atoms with Gasteiger partial charge in [-0.25, -0.2) is 4.79 Å². The summed E-state index contributed by atoms with van der Waals surface area (Å²) in [5.74, 6) is -0.691. The van der Waals surface area contributed by atoms with E-state index < -0.39 is 17.7 Å². The molecule has 0 saturated heterocycles. The molecular formula is C22H24O7. The Kier molecular flexibility index (Phi) is 5.50. The van der Waals surface area contributed by atoms with Crippen molar-refractivity contribution in [3.05, 3.63) is 45.3 Å². The molecule has 0 radical (unpaired) electrons. The number of phenolic OH excluding ortho intramolecular Hbond substituents is 1. The van der Waals surface area contributed by atoms with Crippen molar-refractivity contribution in [1.29, 1.82) is 0 Å². The molecule has 1 aromatic carbocycles. The van der Waals surface area contributed by atoms with E-state index in [4.69, 9.17) is 13.9 Å². The van der Waals surface area contributed by atoms with Gasteiger partial charge in [0.25, 0.3) is 0 Å². The summed E-state index contributed by atoms with van der Waals surface area (Å²) in [6.45, 7) is 8.45. The molecule has 2 heterocycles. The van der Waals surface area contributed by atoms with E-state index in [0.717, 1.165) is 0 Å². The zero-order valence-electron chi connectivity index (χ0n) is 17.1. The van der Waals surface area contributed by atoms with Gasteiger partial charge in [0.05, 0.1) is 0 Å². The lowest BCUT2D eigenvalue weighted by atomic mass is 9.88. The minimum atomic E-state index is -0.666. The minimum absolute atomic E-state index is 0.0257. The van der Waals surface area contributed by atoms with Gasteiger partial charge in [-0.1, -0.05) is 6.92 Å². The molecule has 7 heteroatoms. The topological polar surface area (TPSA) is 103 Å². The Morgan fingerprint density at radius 1 is 1.28 bits per heavy atom. The van der Waals surface area contributed by atoms with E-state index in [9.17, 15) is 19.5 Å². The van der Waals surface area contributed by atoms with Crippen LogP contribution in [0.2, 0.25) is 0 Å². The molecular weight excluding hydrogens is 376 g/mol. The largest absolute Gasteiger partial charge is 0.508 e. The van der Waals surface area contributed by atoms with Crippen molar-refractivity contribution >= 4 is 28.5 Å². The van der Waals surface area contributed by atoms with Crippen molar-refractivity contribution in [3.8, 4) is 5.75 Å². The highest BCUT2D eigenvalue weighted by Crippen LogP contribution is 2.37. The van der Waals surface area contributed by atoms with E-state index in [1.165, 1.54) is 19.1 Å². The van der Waals surface area contributed by atoms with E-state index in [1.54, 1.807) is 26.8 Å². The second-order valence-corrected chi connectivity index (χ2v) is 7.50. The third-order valence-corrected chi connectivity index (χ3v) is 5.21. The number of ether oxygens (including phenoxy) is 2. The fourth-order valence-electron chi connectivity index (χ4n) is 3.65. The molecule has 0 amide bonds. The van der Waals surface area contributed by atoms with Gasteiger partial charge in [0.2, 0.25) is 0 Å². The molecule has 0 spiro atoms. The molecule has 3 unspecified atom stereocenters. The van der Waals surface area contributed by atoms with Crippen LogP contribution in [0.1, 0.15) is 56.7 Å². The predicted octanol–water partition coefficient (Wildman–Crippen LogP) is 3.58. The number of rotatable bonds is 4. The Labute approximate surface area is 167 Å². The van der Waals surface area contributed by atoms with Gasteiger partial charge >= 0.3 is 11.6 Å². The lowest BCUT2D eigenvalue weighted by Crippen LogP contribution is -2.22. The predicted molar refractivity (Wildman–Crippen MR) is 107 cm³/mol. The van der Waals surface area contributed by atoms with Gasteiger partial charge in [-0.15, -0.1) is 0 Å². The number of ketones is 1. The van der Waals surface area contributed by atoms with Crippen LogP contribution in [0.3, 0.4) is 0 Å². The van der Waals surface area contributed by atoms with Gasteiger partial charge in [0.15, 0.2) is 5.78 Å². The Balaban J connectivity index is 2.23.